The maximum Gasteiger partial charge on any atom is 0.184 e. The van der Waals surface area contributed by atoms with Gasteiger partial charge in [0.05, 0.1) is 16.3 Å². The molecule has 0 amide bonds. The molecule has 0 saturated heterocycles. The number of aryl methyl sites for hydroxylation is 1. The van der Waals surface area contributed by atoms with Gasteiger partial charge in [0.2, 0.25) is 0 Å². The van der Waals surface area contributed by atoms with E-state index in [1.807, 2.05) is 41.9 Å². The highest BCUT2D eigenvalue weighted by atomic mass is 32.2. The number of halogens is 1. The van der Waals surface area contributed by atoms with Crippen molar-refractivity contribution in [2.24, 2.45) is 7.05 Å². The quantitative estimate of drug-likeness (QED) is 0.406. The first-order valence-corrected chi connectivity index (χ1v) is 11.3. The fourth-order valence-corrected chi connectivity index (χ4v) is 5.25. The maximum atomic E-state index is 13.7. The molecule has 0 unspecified atom stereocenters. The van der Waals surface area contributed by atoms with Crippen LogP contribution in [0.2, 0.25) is 0 Å². The van der Waals surface area contributed by atoms with E-state index in [1.165, 1.54) is 24.7 Å². The molecule has 0 fully saturated rings. The first kappa shape index (κ1) is 19.4. The third-order valence-electron chi connectivity index (χ3n) is 5.47. The standard InChI is InChI=1S/C24H18FN3O2S/c1-28-23-8-5-18(25)11-17(23)13-24(28)22-4-2-3-16-12-20(6-7-21(16)22)31(29,30)14-19-9-10-26-15-27-19/h2-13,15H,14H2,1H3. The van der Waals surface area contributed by atoms with E-state index in [0.29, 0.717) is 5.69 Å². The van der Waals surface area contributed by atoms with Gasteiger partial charge in [0.15, 0.2) is 9.84 Å². The minimum atomic E-state index is -3.55. The fraction of sp³-hybridized carbons (Fsp3) is 0.0833. The zero-order chi connectivity index (χ0) is 21.6. The van der Waals surface area contributed by atoms with E-state index in [9.17, 15) is 12.8 Å². The largest absolute Gasteiger partial charge is 0.344 e. The molecule has 0 saturated carbocycles. The lowest BCUT2D eigenvalue weighted by Gasteiger charge is -2.10. The third kappa shape index (κ3) is 3.47. The van der Waals surface area contributed by atoms with E-state index in [1.54, 1.807) is 24.3 Å². The normalized spacial score (nSPS) is 11.9. The summed E-state index contributed by atoms with van der Waals surface area (Å²) in [5, 5.41) is 2.56. The van der Waals surface area contributed by atoms with Crippen LogP contribution in [-0.2, 0) is 22.6 Å². The molecule has 0 spiro atoms. The Bertz CT molecular complexity index is 1540. The van der Waals surface area contributed by atoms with Crippen molar-refractivity contribution < 1.29 is 12.8 Å². The van der Waals surface area contributed by atoms with Crippen molar-refractivity contribution >= 4 is 31.5 Å². The molecule has 0 bridgehead atoms. The van der Waals surface area contributed by atoms with Crippen LogP contribution in [0, 0.1) is 5.82 Å². The van der Waals surface area contributed by atoms with Crippen molar-refractivity contribution in [2.75, 3.05) is 0 Å². The summed E-state index contributed by atoms with van der Waals surface area (Å²) < 4.78 is 41.5. The van der Waals surface area contributed by atoms with E-state index in [4.69, 9.17) is 0 Å². The van der Waals surface area contributed by atoms with Crippen LogP contribution in [0.1, 0.15) is 5.69 Å². The second kappa shape index (κ2) is 7.28. The van der Waals surface area contributed by atoms with Gasteiger partial charge in [0, 0.05) is 35.4 Å². The van der Waals surface area contributed by atoms with Crippen LogP contribution in [0.4, 0.5) is 4.39 Å². The second-order valence-electron chi connectivity index (χ2n) is 7.44. The Hall–Kier alpha value is -3.58. The fourth-order valence-electron chi connectivity index (χ4n) is 3.94. The molecule has 3 aromatic carbocycles. The molecule has 5 nitrogen and oxygen atoms in total. The number of nitrogens with zero attached hydrogens (tertiary/aromatic N) is 3. The van der Waals surface area contributed by atoms with Crippen molar-refractivity contribution in [2.45, 2.75) is 10.6 Å². The van der Waals surface area contributed by atoms with Crippen LogP contribution < -0.4 is 0 Å². The summed E-state index contributed by atoms with van der Waals surface area (Å²) in [4.78, 5) is 8.09. The molecule has 0 aliphatic rings. The van der Waals surface area contributed by atoms with Crippen LogP contribution in [0.25, 0.3) is 32.9 Å². The SMILES string of the molecule is Cn1c(-c2cccc3cc(S(=O)(=O)Cc4ccncn4)ccc23)cc2cc(F)ccc21. The summed E-state index contributed by atoms with van der Waals surface area (Å²) in [5.74, 6) is -0.462. The molecule has 0 aliphatic heterocycles. The predicted octanol–water partition coefficient (Wildman–Crippen LogP) is 4.90. The van der Waals surface area contributed by atoms with Gasteiger partial charge >= 0.3 is 0 Å². The van der Waals surface area contributed by atoms with Gasteiger partial charge in [-0.25, -0.2) is 22.8 Å². The Morgan fingerprint density at radius 3 is 2.65 bits per heavy atom. The Labute approximate surface area is 178 Å². The molecule has 5 rings (SSSR count). The number of rotatable bonds is 4. The average molecular weight is 431 g/mol. The van der Waals surface area contributed by atoms with E-state index in [0.717, 1.165) is 32.9 Å². The summed E-state index contributed by atoms with van der Waals surface area (Å²) in [6.45, 7) is 0. The molecule has 5 aromatic rings. The van der Waals surface area contributed by atoms with Crippen LogP contribution in [0.3, 0.4) is 0 Å². The molecule has 0 aliphatic carbocycles. The highest BCUT2D eigenvalue weighted by Crippen LogP contribution is 2.34. The lowest BCUT2D eigenvalue weighted by molar-refractivity contribution is 0.594. The highest BCUT2D eigenvalue weighted by Gasteiger charge is 2.18. The summed E-state index contributed by atoms with van der Waals surface area (Å²) in [7, 11) is -1.61. The van der Waals surface area contributed by atoms with Crippen molar-refractivity contribution in [1.82, 2.24) is 14.5 Å². The van der Waals surface area contributed by atoms with Gasteiger partial charge in [-0.3, -0.25) is 0 Å². The Balaban J connectivity index is 1.61. The molecule has 0 atom stereocenters. The van der Waals surface area contributed by atoms with Gasteiger partial charge in [0.1, 0.15) is 12.1 Å². The Morgan fingerprint density at radius 1 is 0.968 bits per heavy atom. The number of sulfone groups is 1. The van der Waals surface area contributed by atoms with Crippen molar-refractivity contribution in [3.8, 4) is 11.3 Å². The summed E-state index contributed by atoms with van der Waals surface area (Å²) >= 11 is 0. The van der Waals surface area contributed by atoms with Crippen molar-refractivity contribution in [3.05, 3.63) is 90.8 Å². The molecule has 7 heteroatoms. The molecular formula is C24H18FN3O2S. The molecule has 2 heterocycles. The molecule has 31 heavy (non-hydrogen) atoms. The molecular weight excluding hydrogens is 413 g/mol. The molecule has 0 radical (unpaired) electrons. The molecule has 2 aromatic heterocycles. The molecule has 0 N–H and O–H groups in total. The van der Waals surface area contributed by atoms with Gasteiger partial charge in [0.25, 0.3) is 0 Å². The predicted molar refractivity (Wildman–Crippen MR) is 119 cm³/mol. The zero-order valence-electron chi connectivity index (χ0n) is 16.7. The van der Waals surface area contributed by atoms with E-state index < -0.39 is 9.84 Å². The maximum absolute atomic E-state index is 13.7. The van der Waals surface area contributed by atoms with Gasteiger partial charge in [-0.15, -0.1) is 0 Å². The Kier molecular flexibility index (Phi) is 4.55. The van der Waals surface area contributed by atoms with Gasteiger partial charge in [-0.1, -0.05) is 24.3 Å². The van der Waals surface area contributed by atoms with Crippen molar-refractivity contribution in [3.63, 3.8) is 0 Å². The summed E-state index contributed by atoms with van der Waals surface area (Å²) in [5.41, 5.74) is 3.27. The minimum Gasteiger partial charge on any atom is -0.344 e. The number of hydrogen-bond donors (Lipinski definition) is 0. The summed E-state index contributed by atoms with van der Waals surface area (Å²) in [6, 6.07) is 19.2. The van der Waals surface area contributed by atoms with Crippen molar-refractivity contribution in [1.29, 1.82) is 0 Å². The van der Waals surface area contributed by atoms with E-state index in [-0.39, 0.29) is 16.5 Å². The van der Waals surface area contributed by atoms with Gasteiger partial charge in [-0.2, -0.15) is 0 Å². The first-order chi connectivity index (χ1) is 14.9. The average Bonchev–Trinajstić information content (AvgIpc) is 3.08. The van der Waals surface area contributed by atoms with Gasteiger partial charge < -0.3 is 4.57 Å². The van der Waals surface area contributed by atoms with E-state index in [2.05, 4.69) is 9.97 Å². The number of aromatic nitrogens is 3. The lowest BCUT2D eigenvalue weighted by atomic mass is 10.0. The first-order valence-electron chi connectivity index (χ1n) is 9.68. The van der Waals surface area contributed by atoms with Gasteiger partial charge in [-0.05, 0) is 53.2 Å². The third-order valence-corrected chi connectivity index (χ3v) is 7.12. The van der Waals surface area contributed by atoms with E-state index >= 15 is 0 Å². The van der Waals surface area contributed by atoms with Crippen LogP contribution in [0.5, 0.6) is 0 Å². The highest BCUT2D eigenvalue weighted by molar-refractivity contribution is 7.90. The molecule has 154 valence electrons. The van der Waals surface area contributed by atoms with Crippen LogP contribution in [-0.4, -0.2) is 23.0 Å². The van der Waals surface area contributed by atoms with Crippen LogP contribution in [0.15, 0.2) is 84.1 Å². The number of hydrogen-bond acceptors (Lipinski definition) is 4. The smallest absolute Gasteiger partial charge is 0.184 e. The minimum absolute atomic E-state index is 0.185. The zero-order valence-corrected chi connectivity index (χ0v) is 17.5. The summed E-state index contributed by atoms with van der Waals surface area (Å²) in [6.07, 6.45) is 2.87. The number of fused-ring (bicyclic) bond motifs is 2. The van der Waals surface area contributed by atoms with Crippen LogP contribution >= 0.6 is 0 Å². The Morgan fingerprint density at radius 2 is 1.84 bits per heavy atom. The topological polar surface area (TPSA) is 64.8 Å². The lowest BCUT2D eigenvalue weighted by Crippen LogP contribution is -2.06. The number of benzene rings is 3. The monoisotopic (exact) mass is 431 g/mol. The second-order valence-corrected chi connectivity index (χ2v) is 9.43.